The number of hydrogen-bond acceptors (Lipinski definition) is 7. The largest absolute Gasteiger partial charge is 0.493 e. The van der Waals surface area contributed by atoms with Crippen molar-refractivity contribution >= 4 is 57.9 Å². The summed E-state index contributed by atoms with van der Waals surface area (Å²) >= 11 is 12.5. The molecule has 0 spiro atoms. The first-order valence-corrected chi connectivity index (χ1v) is 11.4. The average Bonchev–Trinajstić information content (AvgIpc) is 3.06. The van der Waals surface area contributed by atoms with Gasteiger partial charge in [0, 0.05) is 18.0 Å². The molecular formula is C23H22ClNO5S2. The Morgan fingerprint density at radius 2 is 1.91 bits per heavy atom. The number of thioether (sulfide) groups is 1. The number of methoxy groups -OCH3 is 2. The van der Waals surface area contributed by atoms with Gasteiger partial charge in [0.15, 0.2) is 11.5 Å². The summed E-state index contributed by atoms with van der Waals surface area (Å²) in [6, 6.07) is 12.9. The van der Waals surface area contributed by atoms with Gasteiger partial charge in [-0.1, -0.05) is 53.8 Å². The normalized spacial score (nSPS) is 14.7. The zero-order chi connectivity index (χ0) is 23.1. The number of thiocarbonyl (C=S) groups is 1. The molecular weight excluding hydrogens is 470 g/mol. The third kappa shape index (κ3) is 6.25. The number of carbonyl (C=O) groups is 2. The van der Waals surface area contributed by atoms with Crippen molar-refractivity contribution in [3.05, 3.63) is 63.5 Å². The van der Waals surface area contributed by atoms with Crippen molar-refractivity contribution < 1.29 is 23.8 Å². The maximum absolute atomic E-state index is 12.7. The van der Waals surface area contributed by atoms with Crippen molar-refractivity contribution in [2.75, 3.05) is 20.8 Å². The molecule has 0 bridgehead atoms. The molecule has 2 aromatic carbocycles. The smallest absolute Gasteiger partial charge is 0.305 e. The summed E-state index contributed by atoms with van der Waals surface area (Å²) in [5.41, 5.74) is 1.77. The number of hydrogen-bond donors (Lipinski definition) is 0. The molecule has 1 aliphatic rings. The standard InChI is InChI=1S/C23H22ClNO5S2/c1-28-19-12-16(7-10-18(19)30-14-15-5-8-17(24)9-6-15)13-20-22(27)25(23(31)32-20)11-3-4-21(26)29-2/h5-10,12-13H,3-4,11,14H2,1-2H3/b20-13-. The Hall–Kier alpha value is -2.55. The summed E-state index contributed by atoms with van der Waals surface area (Å²) < 4.78 is 16.4. The van der Waals surface area contributed by atoms with Gasteiger partial charge in [-0.25, -0.2) is 0 Å². The highest BCUT2D eigenvalue weighted by Crippen LogP contribution is 2.35. The number of rotatable bonds is 9. The van der Waals surface area contributed by atoms with Crippen LogP contribution in [0.5, 0.6) is 11.5 Å². The minimum Gasteiger partial charge on any atom is -0.493 e. The molecule has 0 atom stereocenters. The highest BCUT2D eigenvalue weighted by Gasteiger charge is 2.31. The third-order valence-corrected chi connectivity index (χ3v) is 6.29. The van der Waals surface area contributed by atoms with Crippen molar-refractivity contribution in [1.82, 2.24) is 4.90 Å². The zero-order valence-corrected chi connectivity index (χ0v) is 20.0. The summed E-state index contributed by atoms with van der Waals surface area (Å²) in [6.07, 6.45) is 2.49. The fourth-order valence-corrected chi connectivity index (χ4v) is 4.40. The van der Waals surface area contributed by atoms with E-state index in [-0.39, 0.29) is 18.3 Å². The Balaban J connectivity index is 1.67. The first-order chi connectivity index (χ1) is 15.4. The fourth-order valence-electron chi connectivity index (χ4n) is 2.96. The molecule has 1 amide bonds. The maximum atomic E-state index is 12.7. The predicted molar refractivity (Wildman–Crippen MR) is 130 cm³/mol. The highest BCUT2D eigenvalue weighted by atomic mass is 35.5. The second-order valence-electron chi connectivity index (χ2n) is 6.84. The summed E-state index contributed by atoms with van der Waals surface area (Å²) in [5, 5.41) is 0.671. The molecule has 3 rings (SSSR count). The lowest BCUT2D eigenvalue weighted by Crippen LogP contribution is -2.29. The van der Waals surface area contributed by atoms with Gasteiger partial charge in [-0.05, 0) is 47.9 Å². The summed E-state index contributed by atoms with van der Waals surface area (Å²) in [7, 11) is 2.90. The lowest BCUT2D eigenvalue weighted by atomic mass is 10.1. The number of benzene rings is 2. The molecule has 2 aromatic rings. The van der Waals surface area contributed by atoms with E-state index in [1.54, 1.807) is 25.3 Å². The lowest BCUT2D eigenvalue weighted by Gasteiger charge is -2.13. The van der Waals surface area contributed by atoms with Crippen LogP contribution < -0.4 is 9.47 Å². The molecule has 1 heterocycles. The van der Waals surface area contributed by atoms with Gasteiger partial charge in [-0.15, -0.1) is 0 Å². The Morgan fingerprint density at radius 1 is 1.16 bits per heavy atom. The van der Waals surface area contributed by atoms with Crippen molar-refractivity contribution in [2.45, 2.75) is 19.4 Å². The molecule has 1 saturated heterocycles. The van der Waals surface area contributed by atoms with E-state index in [4.69, 9.17) is 33.3 Å². The summed E-state index contributed by atoms with van der Waals surface area (Å²) in [6.45, 7) is 0.745. The van der Waals surface area contributed by atoms with Gasteiger partial charge in [0.05, 0.1) is 19.1 Å². The first-order valence-electron chi connectivity index (χ1n) is 9.78. The Bertz CT molecular complexity index is 1040. The average molecular weight is 492 g/mol. The zero-order valence-electron chi connectivity index (χ0n) is 17.6. The quantitative estimate of drug-likeness (QED) is 0.275. The van der Waals surface area contributed by atoms with Crippen LogP contribution in [0.4, 0.5) is 0 Å². The molecule has 0 N–H and O–H groups in total. The van der Waals surface area contributed by atoms with Gasteiger partial charge >= 0.3 is 5.97 Å². The minimum atomic E-state index is -0.309. The molecule has 168 valence electrons. The van der Waals surface area contributed by atoms with E-state index >= 15 is 0 Å². The van der Waals surface area contributed by atoms with Crippen LogP contribution >= 0.6 is 35.6 Å². The topological polar surface area (TPSA) is 65.1 Å². The van der Waals surface area contributed by atoms with Crippen LogP contribution in [0.2, 0.25) is 5.02 Å². The number of nitrogens with zero attached hydrogens (tertiary/aromatic N) is 1. The molecule has 1 aliphatic heterocycles. The molecule has 1 fully saturated rings. The van der Waals surface area contributed by atoms with E-state index in [9.17, 15) is 9.59 Å². The van der Waals surface area contributed by atoms with Crippen LogP contribution in [-0.4, -0.2) is 41.9 Å². The van der Waals surface area contributed by atoms with E-state index in [2.05, 4.69) is 4.74 Å². The Morgan fingerprint density at radius 3 is 2.59 bits per heavy atom. The van der Waals surface area contributed by atoms with Gasteiger partial charge < -0.3 is 14.2 Å². The first kappa shape index (κ1) is 24.1. The minimum absolute atomic E-state index is 0.174. The second kappa shape index (κ2) is 11.4. The Labute approximate surface area is 201 Å². The van der Waals surface area contributed by atoms with Crippen molar-refractivity contribution in [1.29, 1.82) is 0 Å². The van der Waals surface area contributed by atoms with Crippen LogP contribution in [0, 0.1) is 0 Å². The van der Waals surface area contributed by atoms with E-state index in [1.165, 1.54) is 23.8 Å². The molecule has 0 aromatic heterocycles. The number of carbonyl (C=O) groups excluding carboxylic acids is 2. The monoisotopic (exact) mass is 491 g/mol. The molecule has 0 radical (unpaired) electrons. The summed E-state index contributed by atoms with van der Waals surface area (Å²) in [4.78, 5) is 26.0. The highest BCUT2D eigenvalue weighted by molar-refractivity contribution is 8.26. The maximum Gasteiger partial charge on any atom is 0.305 e. The van der Waals surface area contributed by atoms with Gasteiger partial charge in [0.1, 0.15) is 10.9 Å². The van der Waals surface area contributed by atoms with E-state index in [0.29, 0.717) is 45.3 Å². The van der Waals surface area contributed by atoms with Crippen LogP contribution in [-0.2, 0) is 20.9 Å². The SMILES string of the molecule is COC(=O)CCCN1C(=O)/C(=C/c2ccc(OCc3ccc(Cl)cc3)c(OC)c2)SC1=S. The summed E-state index contributed by atoms with van der Waals surface area (Å²) in [5.74, 6) is 0.666. The number of esters is 1. The second-order valence-corrected chi connectivity index (χ2v) is 8.95. The third-order valence-electron chi connectivity index (χ3n) is 4.66. The Kier molecular flexibility index (Phi) is 8.55. The van der Waals surface area contributed by atoms with Crippen molar-refractivity contribution in [3.63, 3.8) is 0 Å². The fraction of sp³-hybridized carbons (Fsp3) is 0.261. The molecule has 32 heavy (non-hydrogen) atoms. The van der Waals surface area contributed by atoms with Crippen molar-refractivity contribution in [2.24, 2.45) is 0 Å². The number of amides is 1. The van der Waals surface area contributed by atoms with Gasteiger partial charge in [-0.3, -0.25) is 14.5 Å². The lowest BCUT2D eigenvalue weighted by molar-refractivity contribution is -0.141. The molecule has 0 saturated carbocycles. The molecule has 0 aliphatic carbocycles. The van der Waals surface area contributed by atoms with Gasteiger partial charge in [0.25, 0.3) is 5.91 Å². The van der Waals surface area contributed by atoms with E-state index in [0.717, 1.165) is 11.1 Å². The molecule has 6 nitrogen and oxygen atoms in total. The van der Waals surface area contributed by atoms with E-state index in [1.807, 2.05) is 30.3 Å². The predicted octanol–water partition coefficient (Wildman–Crippen LogP) is 5.08. The van der Waals surface area contributed by atoms with Crippen LogP contribution in [0.3, 0.4) is 0 Å². The van der Waals surface area contributed by atoms with Gasteiger partial charge in [0.2, 0.25) is 0 Å². The van der Waals surface area contributed by atoms with E-state index < -0.39 is 0 Å². The number of ether oxygens (including phenoxy) is 3. The van der Waals surface area contributed by atoms with Crippen LogP contribution in [0.15, 0.2) is 47.4 Å². The van der Waals surface area contributed by atoms with Gasteiger partial charge in [-0.2, -0.15) is 0 Å². The number of halogens is 1. The van der Waals surface area contributed by atoms with Crippen LogP contribution in [0.1, 0.15) is 24.0 Å². The molecule has 0 unspecified atom stereocenters. The van der Waals surface area contributed by atoms with Crippen molar-refractivity contribution in [3.8, 4) is 11.5 Å². The molecule has 9 heteroatoms. The van der Waals surface area contributed by atoms with Crippen LogP contribution in [0.25, 0.3) is 6.08 Å².